The first-order chi connectivity index (χ1) is 15.6. The average Bonchev–Trinajstić information content (AvgIpc) is 3.29. The molecule has 1 amide bonds. The van der Waals surface area contributed by atoms with Crippen molar-refractivity contribution in [3.8, 4) is 0 Å². The first-order valence-electron chi connectivity index (χ1n) is 11.0. The summed E-state index contributed by atoms with van der Waals surface area (Å²) in [5.74, 6) is -1.36. The molecule has 1 aliphatic carbocycles. The highest BCUT2D eigenvalue weighted by atomic mass is 16.6. The molecular formula is C25H22N2O5. The molecule has 1 fully saturated rings. The molecule has 2 atom stereocenters. The molecule has 2 unspecified atom stereocenters. The predicted octanol–water partition coefficient (Wildman–Crippen LogP) is 2.73. The van der Waals surface area contributed by atoms with Crippen molar-refractivity contribution in [3.05, 3.63) is 70.8 Å². The zero-order chi connectivity index (χ0) is 21.9. The lowest BCUT2D eigenvalue weighted by atomic mass is 9.72. The molecule has 2 spiro atoms. The number of nitrogens with zero attached hydrogens (tertiary/aromatic N) is 2. The van der Waals surface area contributed by atoms with Crippen molar-refractivity contribution >= 4 is 24.2 Å². The number of aliphatic imine (C=N–C) groups is 1. The Hall–Kier alpha value is -3.48. The molecule has 162 valence electrons. The number of esters is 1. The van der Waals surface area contributed by atoms with Gasteiger partial charge in [-0.15, -0.1) is 0 Å². The number of piperidine rings is 1. The van der Waals surface area contributed by atoms with E-state index < -0.39 is 23.0 Å². The first-order valence-corrected chi connectivity index (χ1v) is 11.0. The van der Waals surface area contributed by atoms with Crippen LogP contribution in [0.4, 0.5) is 0 Å². The number of amidine groups is 1. The highest BCUT2D eigenvalue weighted by Crippen LogP contribution is 2.47. The normalized spacial score (nSPS) is 27.6. The highest BCUT2D eigenvalue weighted by molar-refractivity contribution is 6.04. The maximum Gasteiger partial charge on any atom is 0.339 e. The van der Waals surface area contributed by atoms with Crippen LogP contribution in [0.15, 0.2) is 53.5 Å². The van der Waals surface area contributed by atoms with Crippen LogP contribution in [0.3, 0.4) is 0 Å². The van der Waals surface area contributed by atoms with Gasteiger partial charge in [-0.3, -0.25) is 4.79 Å². The van der Waals surface area contributed by atoms with Gasteiger partial charge in [0.25, 0.3) is 11.9 Å². The van der Waals surface area contributed by atoms with E-state index in [4.69, 9.17) is 9.47 Å². The second-order valence-corrected chi connectivity index (χ2v) is 8.92. The summed E-state index contributed by atoms with van der Waals surface area (Å²) >= 11 is 0. The van der Waals surface area contributed by atoms with Gasteiger partial charge < -0.3 is 19.2 Å². The number of hydrogen-bond acceptors (Lipinski definition) is 6. The number of carbonyl (C=O) groups excluding carboxylic acids is 3. The Labute approximate surface area is 185 Å². The van der Waals surface area contributed by atoms with Crippen molar-refractivity contribution in [3.63, 3.8) is 0 Å². The van der Waals surface area contributed by atoms with Crippen LogP contribution in [-0.2, 0) is 31.1 Å². The number of rotatable bonds is 1. The average molecular weight is 430 g/mol. The van der Waals surface area contributed by atoms with E-state index in [9.17, 15) is 14.4 Å². The number of fused-ring (bicyclic) bond motifs is 3. The highest BCUT2D eigenvalue weighted by Gasteiger charge is 2.57. The largest absolute Gasteiger partial charge is 0.450 e. The van der Waals surface area contributed by atoms with E-state index in [0.29, 0.717) is 44.3 Å². The topological polar surface area (TPSA) is 85.3 Å². The Balaban J connectivity index is 1.23. The fourth-order valence-corrected chi connectivity index (χ4v) is 5.65. The van der Waals surface area contributed by atoms with Gasteiger partial charge in [-0.05, 0) is 23.6 Å². The smallest absolute Gasteiger partial charge is 0.339 e. The fourth-order valence-electron chi connectivity index (χ4n) is 5.65. The van der Waals surface area contributed by atoms with Crippen LogP contribution in [0.5, 0.6) is 0 Å². The minimum atomic E-state index is -1.27. The van der Waals surface area contributed by atoms with Gasteiger partial charge in [0.15, 0.2) is 0 Å². The molecule has 1 saturated heterocycles. The van der Waals surface area contributed by atoms with Gasteiger partial charge in [-0.25, -0.2) is 4.79 Å². The Morgan fingerprint density at radius 1 is 0.969 bits per heavy atom. The predicted molar refractivity (Wildman–Crippen MR) is 114 cm³/mol. The summed E-state index contributed by atoms with van der Waals surface area (Å²) in [7, 11) is 0. The van der Waals surface area contributed by atoms with Crippen LogP contribution >= 0.6 is 0 Å². The monoisotopic (exact) mass is 430 g/mol. The third-order valence-corrected chi connectivity index (χ3v) is 7.39. The molecular weight excluding hydrogens is 408 g/mol. The van der Waals surface area contributed by atoms with Crippen LogP contribution in [-0.4, -0.2) is 47.8 Å². The Bertz CT molecular complexity index is 1180. The van der Waals surface area contributed by atoms with E-state index in [1.54, 1.807) is 6.07 Å². The van der Waals surface area contributed by atoms with Crippen molar-refractivity contribution in [2.24, 2.45) is 4.99 Å². The summed E-state index contributed by atoms with van der Waals surface area (Å²) in [6.45, 7) is 1.07. The number of likely N-dealkylation sites (tertiary alicyclic amines) is 1. The maximum atomic E-state index is 13.1. The molecule has 0 bridgehead atoms. The number of benzene rings is 2. The fraction of sp³-hybridized carbons (Fsp3) is 0.360. The molecule has 7 nitrogen and oxygen atoms in total. The van der Waals surface area contributed by atoms with E-state index in [0.717, 1.165) is 23.0 Å². The van der Waals surface area contributed by atoms with Crippen molar-refractivity contribution in [2.45, 2.75) is 42.8 Å². The van der Waals surface area contributed by atoms with Gasteiger partial charge in [0.2, 0.25) is 5.60 Å². The Morgan fingerprint density at radius 2 is 1.72 bits per heavy atom. The number of ether oxygens (including phenoxy) is 2. The van der Waals surface area contributed by atoms with Crippen molar-refractivity contribution in [1.29, 1.82) is 0 Å². The summed E-state index contributed by atoms with van der Waals surface area (Å²) in [4.78, 5) is 43.7. The first kappa shape index (κ1) is 19.2. The van der Waals surface area contributed by atoms with Gasteiger partial charge in [0, 0.05) is 37.9 Å². The van der Waals surface area contributed by atoms with Crippen molar-refractivity contribution < 1.29 is 23.9 Å². The minimum Gasteiger partial charge on any atom is -0.450 e. The summed E-state index contributed by atoms with van der Waals surface area (Å²) in [5, 5.41) is 0. The van der Waals surface area contributed by atoms with Crippen molar-refractivity contribution in [1.82, 2.24) is 4.90 Å². The number of carbonyl (C=O) groups is 3. The SMILES string of the molecule is O=CC1c2ccccc2CCC12OC(N1CCC3(CC1)OC(=O)c1ccccc13)=NC2=O. The van der Waals surface area contributed by atoms with Crippen LogP contribution in [0, 0.1) is 0 Å². The third-order valence-electron chi connectivity index (χ3n) is 7.39. The molecule has 6 rings (SSSR count). The van der Waals surface area contributed by atoms with Gasteiger partial charge in [0.05, 0.1) is 11.5 Å². The molecule has 2 aromatic rings. The molecule has 32 heavy (non-hydrogen) atoms. The van der Waals surface area contributed by atoms with E-state index in [1.165, 1.54) is 0 Å². The number of amides is 1. The molecule has 0 saturated carbocycles. The van der Waals surface area contributed by atoms with Gasteiger partial charge in [-0.1, -0.05) is 42.5 Å². The van der Waals surface area contributed by atoms with Gasteiger partial charge in [0.1, 0.15) is 11.9 Å². The number of aryl methyl sites for hydroxylation is 1. The number of hydrogen-bond donors (Lipinski definition) is 0. The molecule has 0 N–H and O–H groups in total. The van der Waals surface area contributed by atoms with Gasteiger partial charge in [-0.2, -0.15) is 4.99 Å². The molecule has 0 radical (unpaired) electrons. The quantitative estimate of drug-likeness (QED) is 0.511. The standard InChI is InChI=1S/C25H22N2O5/c28-15-20-17-6-2-1-5-16(17)9-10-25(20)22(30)26-23(32-25)27-13-11-24(12-14-27)19-8-4-3-7-18(19)21(29)31-24/h1-8,15,20H,9-14H2. The van der Waals surface area contributed by atoms with Gasteiger partial charge >= 0.3 is 5.97 Å². The van der Waals surface area contributed by atoms with Crippen LogP contribution in [0.1, 0.15) is 52.2 Å². The summed E-state index contributed by atoms with van der Waals surface area (Å²) < 4.78 is 12.0. The van der Waals surface area contributed by atoms with E-state index in [-0.39, 0.29) is 12.0 Å². The molecule has 0 aromatic heterocycles. The maximum absolute atomic E-state index is 13.1. The second kappa shape index (κ2) is 6.76. The van der Waals surface area contributed by atoms with E-state index in [1.807, 2.05) is 47.4 Å². The molecule has 2 aromatic carbocycles. The van der Waals surface area contributed by atoms with E-state index >= 15 is 0 Å². The van der Waals surface area contributed by atoms with Crippen LogP contribution in [0.25, 0.3) is 0 Å². The zero-order valence-corrected chi connectivity index (χ0v) is 17.5. The second-order valence-electron chi connectivity index (χ2n) is 8.92. The lowest BCUT2D eigenvalue weighted by molar-refractivity contribution is -0.138. The molecule has 7 heteroatoms. The minimum absolute atomic E-state index is 0.272. The molecule has 3 heterocycles. The summed E-state index contributed by atoms with van der Waals surface area (Å²) in [6.07, 6.45) is 3.06. The van der Waals surface area contributed by atoms with E-state index in [2.05, 4.69) is 4.99 Å². The lowest BCUT2D eigenvalue weighted by Gasteiger charge is -2.41. The Kier molecular flexibility index (Phi) is 4.06. The molecule has 4 aliphatic rings. The third kappa shape index (κ3) is 2.54. The van der Waals surface area contributed by atoms with Crippen molar-refractivity contribution in [2.75, 3.05) is 13.1 Å². The van der Waals surface area contributed by atoms with Crippen LogP contribution < -0.4 is 0 Å². The number of aldehydes is 1. The summed E-state index contributed by atoms with van der Waals surface area (Å²) in [5.41, 5.74) is 1.55. The lowest BCUT2D eigenvalue weighted by Crippen LogP contribution is -2.50. The molecule has 3 aliphatic heterocycles. The zero-order valence-electron chi connectivity index (χ0n) is 17.5. The van der Waals surface area contributed by atoms with Crippen LogP contribution in [0.2, 0.25) is 0 Å². The Morgan fingerprint density at radius 3 is 2.53 bits per heavy atom. The summed E-state index contributed by atoms with van der Waals surface area (Å²) in [6, 6.07) is 15.5.